The molecule has 1 aromatic heterocycles. The monoisotopic (exact) mass is 400 g/mol. The number of carbonyl (C=O) groups excluding carboxylic acids is 1. The number of hydrogen-bond acceptors (Lipinski definition) is 5. The highest BCUT2D eigenvalue weighted by molar-refractivity contribution is 5.92. The minimum absolute atomic E-state index is 0.0225. The number of rotatable bonds is 5. The fourth-order valence-corrected chi connectivity index (χ4v) is 4.37. The van der Waals surface area contributed by atoms with Crippen LogP contribution in [-0.4, -0.2) is 66.2 Å². The molecule has 0 aliphatic carbocycles. The molecule has 0 radical (unpaired) electrons. The largest absolute Gasteiger partial charge is 0.369 e. The maximum atomic E-state index is 13.2. The Hall–Kier alpha value is -2.41. The normalized spacial score (nSPS) is 20.8. The van der Waals surface area contributed by atoms with Gasteiger partial charge in [-0.3, -0.25) is 9.69 Å². The smallest absolute Gasteiger partial charge is 0.276 e. The maximum Gasteiger partial charge on any atom is 0.276 e. The average molecular weight is 400 g/mol. The summed E-state index contributed by atoms with van der Waals surface area (Å²) in [4.78, 5) is 19.6. The molecule has 29 heavy (non-hydrogen) atoms. The zero-order valence-electron chi connectivity index (χ0n) is 17.0. The lowest BCUT2D eigenvalue weighted by Gasteiger charge is -2.43. The number of carbonyl (C=O) groups is 1. The summed E-state index contributed by atoms with van der Waals surface area (Å²) >= 11 is 0. The average Bonchev–Trinajstić information content (AvgIpc) is 3.23. The minimum Gasteiger partial charge on any atom is -0.369 e. The third kappa shape index (κ3) is 4.61. The molecule has 7 heteroatoms. The first-order valence-corrected chi connectivity index (χ1v) is 10.6. The summed E-state index contributed by atoms with van der Waals surface area (Å²) in [7, 11) is 0. The molecule has 1 amide bonds. The summed E-state index contributed by atoms with van der Waals surface area (Å²) in [6.07, 6.45) is 3.90. The Labute approximate surface area is 171 Å². The van der Waals surface area contributed by atoms with Crippen LogP contribution in [0.15, 0.2) is 34.9 Å². The quantitative estimate of drug-likeness (QED) is 0.772. The number of halogens is 1. The maximum absolute atomic E-state index is 13.2. The van der Waals surface area contributed by atoms with Gasteiger partial charge in [0.15, 0.2) is 5.69 Å². The summed E-state index contributed by atoms with van der Waals surface area (Å²) in [5.41, 5.74) is 1.50. The van der Waals surface area contributed by atoms with E-state index in [0.29, 0.717) is 11.7 Å². The van der Waals surface area contributed by atoms with Gasteiger partial charge in [-0.2, -0.15) is 0 Å². The van der Waals surface area contributed by atoms with Crippen LogP contribution in [0.1, 0.15) is 42.4 Å². The van der Waals surface area contributed by atoms with Crippen LogP contribution in [0, 0.1) is 5.82 Å². The van der Waals surface area contributed by atoms with Crippen molar-refractivity contribution >= 4 is 11.6 Å². The number of aromatic nitrogens is 1. The second-order valence-electron chi connectivity index (χ2n) is 7.98. The fraction of sp³-hybridized carbons (Fsp3) is 0.545. The Kier molecular flexibility index (Phi) is 6.13. The number of amides is 1. The number of piperidine rings is 1. The van der Waals surface area contributed by atoms with Gasteiger partial charge in [0, 0.05) is 63.5 Å². The van der Waals surface area contributed by atoms with Gasteiger partial charge in [0.25, 0.3) is 5.91 Å². The molecule has 0 bridgehead atoms. The molecule has 0 saturated carbocycles. The van der Waals surface area contributed by atoms with Gasteiger partial charge in [0.1, 0.15) is 11.6 Å². The molecule has 156 valence electrons. The van der Waals surface area contributed by atoms with Gasteiger partial charge in [-0.25, -0.2) is 4.39 Å². The molecule has 0 N–H and O–H groups in total. The van der Waals surface area contributed by atoms with Crippen LogP contribution in [0.2, 0.25) is 0 Å². The van der Waals surface area contributed by atoms with E-state index in [-0.39, 0.29) is 11.7 Å². The molecule has 2 fully saturated rings. The molecule has 2 saturated heterocycles. The standard InChI is InChI=1S/C22H29FN4O2/c1-2-4-20-15-21(24-29-20)22(28)27-10-3-5-19(16-27)26-13-11-25(12-14-26)18-8-6-17(23)7-9-18/h6-9,15,19H,2-5,10-14,16H2,1H3/t19-/m0/s1. The highest BCUT2D eigenvalue weighted by Gasteiger charge is 2.31. The highest BCUT2D eigenvalue weighted by atomic mass is 19.1. The second-order valence-corrected chi connectivity index (χ2v) is 7.98. The lowest BCUT2D eigenvalue weighted by atomic mass is 10.0. The Balaban J connectivity index is 1.32. The fourth-order valence-electron chi connectivity index (χ4n) is 4.37. The lowest BCUT2D eigenvalue weighted by Crippen LogP contribution is -2.55. The van der Waals surface area contributed by atoms with E-state index < -0.39 is 0 Å². The van der Waals surface area contributed by atoms with Gasteiger partial charge in [0.2, 0.25) is 0 Å². The molecule has 0 spiro atoms. The van der Waals surface area contributed by atoms with Crippen LogP contribution in [0.4, 0.5) is 10.1 Å². The van der Waals surface area contributed by atoms with Gasteiger partial charge in [0.05, 0.1) is 0 Å². The number of hydrogen-bond donors (Lipinski definition) is 0. The zero-order chi connectivity index (χ0) is 20.2. The van der Waals surface area contributed by atoms with Crippen LogP contribution in [0.25, 0.3) is 0 Å². The van der Waals surface area contributed by atoms with Gasteiger partial charge >= 0.3 is 0 Å². The van der Waals surface area contributed by atoms with Crippen LogP contribution >= 0.6 is 0 Å². The van der Waals surface area contributed by atoms with E-state index in [4.69, 9.17) is 4.52 Å². The molecule has 6 nitrogen and oxygen atoms in total. The predicted molar refractivity (Wildman–Crippen MR) is 110 cm³/mol. The highest BCUT2D eigenvalue weighted by Crippen LogP contribution is 2.22. The summed E-state index contributed by atoms with van der Waals surface area (Å²) in [5.74, 6) is 0.556. The van der Waals surface area contributed by atoms with Crippen molar-refractivity contribution in [1.29, 1.82) is 0 Å². The van der Waals surface area contributed by atoms with E-state index in [1.165, 1.54) is 12.1 Å². The van der Waals surface area contributed by atoms with Crippen LogP contribution in [0.5, 0.6) is 0 Å². The van der Waals surface area contributed by atoms with Crippen molar-refractivity contribution in [3.8, 4) is 0 Å². The number of nitrogens with zero attached hydrogens (tertiary/aromatic N) is 4. The number of benzene rings is 1. The lowest BCUT2D eigenvalue weighted by molar-refractivity contribution is 0.0554. The molecule has 2 aliphatic rings. The van der Waals surface area contributed by atoms with Gasteiger partial charge < -0.3 is 14.3 Å². The van der Waals surface area contributed by atoms with Crippen molar-refractivity contribution in [3.05, 3.63) is 47.6 Å². The number of aryl methyl sites for hydroxylation is 1. The van der Waals surface area contributed by atoms with E-state index >= 15 is 0 Å². The number of piperazine rings is 1. The summed E-state index contributed by atoms with van der Waals surface area (Å²) in [6.45, 7) is 7.34. The second kappa shape index (κ2) is 8.95. The molecule has 0 unspecified atom stereocenters. The Morgan fingerprint density at radius 1 is 1.17 bits per heavy atom. The molecular formula is C22H29FN4O2. The van der Waals surface area contributed by atoms with E-state index in [2.05, 4.69) is 21.9 Å². The molecule has 4 rings (SSSR count). The molecule has 1 atom stereocenters. The third-order valence-electron chi connectivity index (χ3n) is 5.98. The summed E-state index contributed by atoms with van der Waals surface area (Å²) in [5, 5.41) is 3.98. The SMILES string of the molecule is CCCc1cc(C(=O)N2CCC[C@H](N3CCN(c4ccc(F)cc4)CC3)C2)no1. The first-order chi connectivity index (χ1) is 14.1. The molecular weight excluding hydrogens is 371 g/mol. The van der Waals surface area contributed by atoms with Gasteiger partial charge in [-0.05, 0) is 43.5 Å². The third-order valence-corrected chi connectivity index (χ3v) is 5.98. The Morgan fingerprint density at radius 2 is 1.93 bits per heavy atom. The predicted octanol–water partition coefficient (Wildman–Crippen LogP) is 3.19. The Bertz CT molecular complexity index is 814. The van der Waals surface area contributed by atoms with Crippen molar-refractivity contribution in [2.24, 2.45) is 0 Å². The van der Waals surface area contributed by atoms with Crippen molar-refractivity contribution in [3.63, 3.8) is 0 Å². The number of likely N-dealkylation sites (tertiary alicyclic amines) is 1. The van der Waals surface area contributed by atoms with Crippen molar-refractivity contribution in [1.82, 2.24) is 15.0 Å². The first-order valence-electron chi connectivity index (χ1n) is 10.6. The first kappa shape index (κ1) is 19.9. The number of anilines is 1. The molecule has 2 aliphatic heterocycles. The van der Waals surface area contributed by atoms with Crippen LogP contribution < -0.4 is 4.90 Å². The summed E-state index contributed by atoms with van der Waals surface area (Å²) < 4.78 is 18.4. The van der Waals surface area contributed by atoms with Crippen LogP contribution in [0.3, 0.4) is 0 Å². The molecule has 3 heterocycles. The van der Waals surface area contributed by atoms with E-state index in [9.17, 15) is 9.18 Å². The van der Waals surface area contributed by atoms with Crippen LogP contribution in [-0.2, 0) is 6.42 Å². The molecule has 1 aromatic carbocycles. The van der Waals surface area contributed by atoms with E-state index in [1.807, 2.05) is 17.0 Å². The summed E-state index contributed by atoms with van der Waals surface area (Å²) in [6, 6.07) is 8.89. The minimum atomic E-state index is -0.201. The zero-order valence-corrected chi connectivity index (χ0v) is 17.0. The van der Waals surface area contributed by atoms with E-state index in [0.717, 1.165) is 76.4 Å². The topological polar surface area (TPSA) is 52.8 Å². The van der Waals surface area contributed by atoms with Crippen molar-refractivity contribution in [2.75, 3.05) is 44.2 Å². The van der Waals surface area contributed by atoms with Crippen molar-refractivity contribution < 1.29 is 13.7 Å². The van der Waals surface area contributed by atoms with E-state index in [1.54, 1.807) is 6.07 Å². The molecule has 2 aromatic rings. The van der Waals surface area contributed by atoms with Gasteiger partial charge in [-0.15, -0.1) is 0 Å². The van der Waals surface area contributed by atoms with Gasteiger partial charge in [-0.1, -0.05) is 12.1 Å². The Morgan fingerprint density at radius 3 is 2.66 bits per heavy atom. The van der Waals surface area contributed by atoms with Crippen molar-refractivity contribution in [2.45, 2.75) is 38.6 Å².